The normalized spacial score (nSPS) is 16.2. The quantitative estimate of drug-likeness (QED) is 0.822. The number of amides is 2. The second-order valence-electron chi connectivity index (χ2n) is 7.82. The molecule has 8 heteroatoms. The van der Waals surface area contributed by atoms with Crippen molar-refractivity contribution in [2.75, 3.05) is 13.1 Å². The molecule has 0 spiro atoms. The fraction of sp³-hybridized carbons (Fsp3) is 0.579. The Bertz CT molecular complexity index is 773. The van der Waals surface area contributed by atoms with Gasteiger partial charge in [-0.05, 0) is 57.7 Å². The minimum absolute atomic E-state index is 0.231. The number of benzene rings is 1. The number of hydrogen-bond donors (Lipinski definition) is 1. The lowest BCUT2D eigenvalue weighted by atomic mass is 10.1. The third-order valence-electron chi connectivity index (χ3n) is 4.44. The second kappa shape index (κ2) is 8.29. The Morgan fingerprint density at radius 2 is 1.70 bits per heavy atom. The van der Waals surface area contributed by atoms with Gasteiger partial charge in [-0.25, -0.2) is 13.2 Å². The molecule has 27 heavy (non-hydrogen) atoms. The molecule has 1 aliphatic rings. The van der Waals surface area contributed by atoms with Gasteiger partial charge in [-0.3, -0.25) is 4.79 Å². The second-order valence-corrected chi connectivity index (χ2v) is 10.1. The van der Waals surface area contributed by atoms with E-state index in [4.69, 9.17) is 10.5 Å². The van der Waals surface area contributed by atoms with Crippen LogP contribution in [0.4, 0.5) is 4.79 Å². The van der Waals surface area contributed by atoms with Gasteiger partial charge >= 0.3 is 6.09 Å². The summed E-state index contributed by atoms with van der Waals surface area (Å²) in [5.74, 6) is -0.386. The van der Waals surface area contributed by atoms with Crippen LogP contribution >= 0.6 is 0 Å². The van der Waals surface area contributed by atoms with Crippen LogP contribution < -0.4 is 5.73 Å². The molecule has 2 rings (SSSR count). The highest BCUT2D eigenvalue weighted by Gasteiger charge is 2.34. The standard InChI is InChI=1S/C19H28N2O5S/c1-19(2,3)26-18(23)21-12-10-16(11-13-21)27(24,25)15-7-4-14(5-8-15)6-9-17(20)22/h4-5,7-8,16H,6,9-13H2,1-3H3,(H2,20,22). The summed E-state index contributed by atoms with van der Waals surface area (Å²) in [5, 5.41) is -0.521. The number of aryl methyl sites for hydroxylation is 1. The molecule has 0 unspecified atom stereocenters. The molecule has 0 aliphatic carbocycles. The maximum absolute atomic E-state index is 12.9. The first-order valence-electron chi connectivity index (χ1n) is 9.08. The molecule has 150 valence electrons. The summed E-state index contributed by atoms with van der Waals surface area (Å²) < 4.78 is 31.1. The minimum atomic E-state index is -3.46. The first kappa shape index (κ1) is 21.2. The molecule has 1 heterocycles. The lowest BCUT2D eigenvalue weighted by Crippen LogP contribution is -2.44. The summed E-state index contributed by atoms with van der Waals surface area (Å²) >= 11 is 0. The summed E-state index contributed by atoms with van der Waals surface area (Å²) in [6.45, 7) is 6.12. The SMILES string of the molecule is CC(C)(C)OC(=O)N1CCC(S(=O)(=O)c2ccc(CCC(N)=O)cc2)CC1. The number of sulfone groups is 1. The molecule has 7 nitrogen and oxygen atoms in total. The first-order valence-corrected chi connectivity index (χ1v) is 10.6. The average molecular weight is 397 g/mol. The predicted octanol–water partition coefficient (Wildman–Crippen LogP) is 2.28. The Balaban J connectivity index is 1.98. The van der Waals surface area contributed by atoms with Crippen molar-refractivity contribution in [3.8, 4) is 0 Å². The average Bonchev–Trinajstić information content (AvgIpc) is 2.59. The van der Waals surface area contributed by atoms with Crippen molar-refractivity contribution in [3.63, 3.8) is 0 Å². The molecule has 0 saturated carbocycles. The van der Waals surface area contributed by atoms with E-state index in [0.717, 1.165) is 5.56 Å². The van der Waals surface area contributed by atoms with Crippen LogP contribution in [0.2, 0.25) is 0 Å². The van der Waals surface area contributed by atoms with E-state index in [2.05, 4.69) is 0 Å². The van der Waals surface area contributed by atoms with Gasteiger partial charge in [0.1, 0.15) is 5.60 Å². The topological polar surface area (TPSA) is 107 Å². The number of ether oxygens (including phenoxy) is 1. The van der Waals surface area contributed by atoms with Crippen LogP contribution in [0, 0.1) is 0 Å². The highest BCUT2D eigenvalue weighted by Crippen LogP contribution is 2.26. The molecule has 1 aliphatic heterocycles. The van der Waals surface area contributed by atoms with Crippen LogP contribution in [0.15, 0.2) is 29.2 Å². The van der Waals surface area contributed by atoms with Crippen molar-refractivity contribution in [2.45, 2.75) is 62.2 Å². The zero-order chi connectivity index (χ0) is 20.2. The van der Waals surface area contributed by atoms with Crippen LogP contribution in [-0.4, -0.2) is 49.3 Å². The molecule has 1 aromatic carbocycles. The van der Waals surface area contributed by atoms with Crippen molar-refractivity contribution < 1.29 is 22.7 Å². The Morgan fingerprint density at radius 3 is 2.19 bits per heavy atom. The Hall–Kier alpha value is -2.09. The van der Waals surface area contributed by atoms with Crippen molar-refractivity contribution in [1.82, 2.24) is 4.90 Å². The maximum atomic E-state index is 12.9. The van der Waals surface area contributed by atoms with Crippen molar-refractivity contribution in [2.24, 2.45) is 5.73 Å². The van der Waals surface area contributed by atoms with Gasteiger partial charge < -0.3 is 15.4 Å². The summed E-state index contributed by atoms with van der Waals surface area (Å²) in [6, 6.07) is 6.58. The van der Waals surface area contributed by atoms with E-state index in [1.807, 2.05) is 0 Å². The summed E-state index contributed by atoms with van der Waals surface area (Å²) in [7, 11) is -3.46. The predicted molar refractivity (Wildman–Crippen MR) is 102 cm³/mol. The van der Waals surface area contributed by atoms with Crippen LogP contribution in [-0.2, 0) is 25.8 Å². The monoisotopic (exact) mass is 396 g/mol. The molecule has 1 fully saturated rings. The first-order chi connectivity index (χ1) is 12.5. The van der Waals surface area contributed by atoms with E-state index >= 15 is 0 Å². The summed E-state index contributed by atoms with van der Waals surface area (Å²) in [4.78, 5) is 24.8. The lowest BCUT2D eigenvalue weighted by molar-refractivity contribution is -0.118. The Labute approximate surface area is 160 Å². The van der Waals surface area contributed by atoms with Crippen molar-refractivity contribution >= 4 is 21.8 Å². The van der Waals surface area contributed by atoms with Gasteiger partial charge in [-0.1, -0.05) is 12.1 Å². The van der Waals surface area contributed by atoms with Gasteiger partial charge in [0.25, 0.3) is 0 Å². The number of carbonyl (C=O) groups excluding carboxylic acids is 2. The highest BCUT2D eigenvalue weighted by molar-refractivity contribution is 7.92. The molecule has 0 atom stereocenters. The molecule has 2 N–H and O–H groups in total. The molecule has 1 aromatic rings. The smallest absolute Gasteiger partial charge is 0.410 e. The number of likely N-dealkylation sites (tertiary alicyclic amines) is 1. The number of piperidine rings is 1. The number of carbonyl (C=O) groups is 2. The van der Waals surface area contributed by atoms with Crippen LogP contribution in [0.5, 0.6) is 0 Å². The van der Waals surface area contributed by atoms with Crippen LogP contribution in [0.3, 0.4) is 0 Å². The van der Waals surface area contributed by atoms with E-state index < -0.39 is 26.8 Å². The largest absolute Gasteiger partial charge is 0.444 e. The van der Waals surface area contributed by atoms with E-state index in [-0.39, 0.29) is 17.2 Å². The fourth-order valence-corrected chi connectivity index (χ4v) is 4.71. The zero-order valence-corrected chi connectivity index (χ0v) is 16.9. The molecule has 2 amide bonds. The third kappa shape index (κ3) is 5.95. The molecular formula is C19H28N2O5S. The lowest BCUT2D eigenvalue weighted by Gasteiger charge is -2.33. The third-order valence-corrected chi connectivity index (χ3v) is 6.72. The number of rotatable bonds is 5. The number of nitrogens with zero attached hydrogens (tertiary/aromatic N) is 1. The molecule has 1 saturated heterocycles. The number of hydrogen-bond acceptors (Lipinski definition) is 5. The minimum Gasteiger partial charge on any atom is -0.444 e. The van der Waals surface area contributed by atoms with E-state index in [9.17, 15) is 18.0 Å². The molecular weight excluding hydrogens is 368 g/mol. The zero-order valence-electron chi connectivity index (χ0n) is 16.1. The van der Waals surface area contributed by atoms with Gasteiger partial charge in [0.2, 0.25) is 5.91 Å². The van der Waals surface area contributed by atoms with Gasteiger partial charge in [0.15, 0.2) is 9.84 Å². The summed E-state index contributed by atoms with van der Waals surface area (Å²) in [5.41, 5.74) is 5.43. The maximum Gasteiger partial charge on any atom is 0.410 e. The molecule has 0 aromatic heterocycles. The van der Waals surface area contributed by atoms with E-state index in [0.29, 0.717) is 32.4 Å². The van der Waals surface area contributed by atoms with E-state index in [1.165, 1.54) is 0 Å². The van der Waals surface area contributed by atoms with Gasteiger partial charge in [-0.15, -0.1) is 0 Å². The van der Waals surface area contributed by atoms with E-state index in [1.54, 1.807) is 49.9 Å². The number of nitrogens with two attached hydrogens (primary N) is 1. The molecule has 0 radical (unpaired) electrons. The highest BCUT2D eigenvalue weighted by atomic mass is 32.2. The number of primary amides is 1. The van der Waals surface area contributed by atoms with Crippen LogP contribution in [0.1, 0.15) is 45.6 Å². The fourth-order valence-electron chi connectivity index (χ4n) is 2.98. The Morgan fingerprint density at radius 1 is 1.15 bits per heavy atom. The van der Waals surface area contributed by atoms with Crippen LogP contribution in [0.25, 0.3) is 0 Å². The Kier molecular flexibility index (Phi) is 6.51. The van der Waals surface area contributed by atoms with Gasteiger partial charge in [0, 0.05) is 19.5 Å². The van der Waals surface area contributed by atoms with Crippen molar-refractivity contribution in [1.29, 1.82) is 0 Å². The van der Waals surface area contributed by atoms with Gasteiger partial charge in [0.05, 0.1) is 10.1 Å². The summed E-state index contributed by atoms with van der Waals surface area (Å²) in [6.07, 6.45) is 1.08. The van der Waals surface area contributed by atoms with Crippen molar-refractivity contribution in [3.05, 3.63) is 29.8 Å². The van der Waals surface area contributed by atoms with Gasteiger partial charge in [-0.2, -0.15) is 0 Å². The molecule has 0 bridgehead atoms.